The zero-order valence-corrected chi connectivity index (χ0v) is 13.5. The minimum Gasteiger partial charge on any atom is -0.493 e. The van der Waals surface area contributed by atoms with Crippen LogP contribution >= 0.6 is 23.2 Å². The highest BCUT2D eigenvalue weighted by Gasteiger charge is 2.20. The van der Waals surface area contributed by atoms with Gasteiger partial charge in [-0.3, -0.25) is 4.79 Å². The van der Waals surface area contributed by atoms with E-state index in [4.69, 9.17) is 32.7 Å². The van der Waals surface area contributed by atoms with Gasteiger partial charge < -0.3 is 14.6 Å². The van der Waals surface area contributed by atoms with Crippen molar-refractivity contribution >= 4 is 29.0 Å². The minimum atomic E-state index is -0.355. The molecule has 2 rings (SSSR count). The molecule has 1 N–H and O–H groups in total. The van der Waals surface area contributed by atoms with Crippen LogP contribution < -0.4 is 9.47 Å². The molecule has 4 nitrogen and oxygen atoms in total. The van der Waals surface area contributed by atoms with Crippen molar-refractivity contribution in [3.8, 4) is 11.5 Å². The predicted octanol–water partition coefficient (Wildman–Crippen LogP) is 3.73. The van der Waals surface area contributed by atoms with E-state index < -0.39 is 0 Å². The Balaban J connectivity index is 2.53. The van der Waals surface area contributed by atoms with E-state index in [0.717, 1.165) is 0 Å². The first-order valence-electron chi connectivity index (χ1n) is 6.38. The smallest absolute Gasteiger partial charge is 0.196 e. The largest absolute Gasteiger partial charge is 0.493 e. The number of ether oxygens (including phenoxy) is 2. The summed E-state index contributed by atoms with van der Waals surface area (Å²) in [6.07, 6.45) is 0. The van der Waals surface area contributed by atoms with Crippen molar-refractivity contribution in [3.63, 3.8) is 0 Å². The van der Waals surface area contributed by atoms with Gasteiger partial charge in [-0.2, -0.15) is 0 Å². The van der Waals surface area contributed by atoms with E-state index in [2.05, 4.69) is 0 Å². The first-order valence-corrected chi connectivity index (χ1v) is 7.13. The summed E-state index contributed by atoms with van der Waals surface area (Å²) in [5, 5.41) is 9.63. The number of hydrogen-bond acceptors (Lipinski definition) is 4. The summed E-state index contributed by atoms with van der Waals surface area (Å²) in [4.78, 5) is 12.7. The summed E-state index contributed by atoms with van der Waals surface area (Å²) in [6.45, 7) is -0.276. The zero-order valence-electron chi connectivity index (χ0n) is 12.0. The fraction of sp³-hybridized carbons (Fsp3) is 0.188. The van der Waals surface area contributed by atoms with Crippen molar-refractivity contribution in [2.75, 3.05) is 14.2 Å². The molecule has 2 aromatic carbocycles. The molecule has 0 unspecified atom stereocenters. The highest BCUT2D eigenvalue weighted by atomic mass is 35.5. The van der Waals surface area contributed by atoms with Crippen LogP contribution in [0.25, 0.3) is 0 Å². The molecule has 0 aliphatic rings. The Labute approximate surface area is 138 Å². The van der Waals surface area contributed by atoms with Gasteiger partial charge >= 0.3 is 0 Å². The topological polar surface area (TPSA) is 55.8 Å². The van der Waals surface area contributed by atoms with Gasteiger partial charge in [-0.1, -0.05) is 29.3 Å². The van der Waals surface area contributed by atoms with Crippen LogP contribution in [0.15, 0.2) is 30.3 Å². The second-order valence-electron chi connectivity index (χ2n) is 4.45. The summed E-state index contributed by atoms with van der Waals surface area (Å²) in [5.74, 6) is 0.588. The first-order chi connectivity index (χ1) is 10.5. The van der Waals surface area contributed by atoms with Crippen molar-refractivity contribution in [3.05, 3.63) is 57.1 Å². The second kappa shape index (κ2) is 7.01. The number of ketones is 1. The number of carbonyl (C=O) groups excluding carboxylic acids is 1. The van der Waals surface area contributed by atoms with Gasteiger partial charge in [0.25, 0.3) is 0 Å². The van der Waals surface area contributed by atoms with E-state index in [9.17, 15) is 9.90 Å². The summed E-state index contributed by atoms with van der Waals surface area (Å²) in [6, 6.07) is 7.90. The molecule has 6 heteroatoms. The third-order valence-electron chi connectivity index (χ3n) is 3.21. The van der Waals surface area contributed by atoms with Gasteiger partial charge in [-0.05, 0) is 29.8 Å². The van der Waals surface area contributed by atoms with Gasteiger partial charge in [-0.25, -0.2) is 0 Å². The van der Waals surface area contributed by atoms with Crippen molar-refractivity contribution in [2.24, 2.45) is 0 Å². The van der Waals surface area contributed by atoms with Crippen LogP contribution in [0.4, 0.5) is 0 Å². The number of hydrogen-bond donors (Lipinski definition) is 1. The number of rotatable bonds is 5. The average Bonchev–Trinajstić information content (AvgIpc) is 2.54. The maximum absolute atomic E-state index is 12.7. The Bertz CT molecular complexity index is 714. The van der Waals surface area contributed by atoms with Gasteiger partial charge in [0.05, 0.1) is 36.4 Å². The van der Waals surface area contributed by atoms with E-state index in [-0.39, 0.29) is 28.0 Å². The maximum Gasteiger partial charge on any atom is 0.196 e. The van der Waals surface area contributed by atoms with Crippen LogP contribution in [-0.4, -0.2) is 25.1 Å². The Kier molecular flexibility index (Phi) is 5.29. The van der Waals surface area contributed by atoms with Crippen LogP contribution in [0.2, 0.25) is 10.0 Å². The number of halogens is 2. The number of carbonyl (C=O) groups is 1. The van der Waals surface area contributed by atoms with Crippen LogP contribution in [-0.2, 0) is 6.61 Å². The van der Waals surface area contributed by atoms with E-state index in [1.165, 1.54) is 20.3 Å². The third-order valence-corrected chi connectivity index (χ3v) is 3.96. The van der Waals surface area contributed by atoms with Crippen LogP contribution in [0.5, 0.6) is 11.5 Å². The predicted molar refractivity (Wildman–Crippen MR) is 85.4 cm³/mol. The Morgan fingerprint density at radius 3 is 2.36 bits per heavy atom. The maximum atomic E-state index is 12.7. The van der Waals surface area contributed by atoms with E-state index >= 15 is 0 Å². The zero-order chi connectivity index (χ0) is 16.3. The lowest BCUT2D eigenvalue weighted by molar-refractivity contribution is 0.103. The van der Waals surface area contributed by atoms with Gasteiger partial charge in [0.2, 0.25) is 0 Å². The van der Waals surface area contributed by atoms with Crippen LogP contribution in [0.1, 0.15) is 21.5 Å². The molecule has 0 amide bonds. The quantitative estimate of drug-likeness (QED) is 0.842. The minimum absolute atomic E-state index is 0.148. The normalized spacial score (nSPS) is 10.4. The Morgan fingerprint density at radius 1 is 1.09 bits per heavy atom. The highest BCUT2D eigenvalue weighted by molar-refractivity contribution is 6.41. The number of aliphatic hydroxyl groups excluding tert-OH is 1. The molecule has 0 aromatic heterocycles. The molecule has 0 atom stereocenters. The lowest BCUT2D eigenvalue weighted by Gasteiger charge is -2.12. The average molecular weight is 341 g/mol. The molecule has 22 heavy (non-hydrogen) atoms. The molecule has 2 aromatic rings. The van der Waals surface area contributed by atoms with Crippen LogP contribution in [0, 0.1) is 0 Å². The number of benzene rings is 2. The first kappa shape index (κ1) is 16.6. The molecular formula is C16H14Cl2O4. The molecule has 0 spiro atoms. The van der Waals surface area contributed by atoms with Crippen molar-refractivity contribution < 1.29 is 19.4 Å². The van der Waals surface area contributed by atoms with Gasteiger partial charge in [0.1, 0.15) is 0 Å². The molecule has 0 saturated carbocycles. The second-order valence-corrected chi connectivity index (χ2v) is 5.24. The highest BCUT2D eigenvalue weighted by Crippen LogP contribution is 2.33. The SMILES string of the molecule is COc1ccc(C(=O)c2c(Cl)ccc(CO)c2Cl)cc1OC. The van der Waals surface area contributed by atoms with Gasteiger partial charge in [0.15, 0.2) is 17.3 Å². The van der Waals surface area contributed by atoms with E-state index in [1.54, 1.807) is 24.3 Å². The molecule has 0 aliphatic heterocycles. The molecule has 0 saturated heterocycles. The summed E-state index contributed by atoms with van der Waals surface area (Å²) in [7, 11) is 3.00. The molecule has 0 fully saturated rings. The van der Waals surface area contributed by atoms with E-state index in [0.29, 0.717) is 22.6 Å². The lowest BCUT2D eigenvalue weighted by Crippen LogP contribution is -2.06. The summed E-state index contributed by atoms with van der Waals surface area (Å²) < 4.78 is 10.3. The molecule has 116 valence electrons. The standard InChI is InChI=1S/C16H14Cl2O4/c1-21-12-6-4-9(7-13(12)22-2)16(20)14-11(17)5-3-10(8-19)15(14)18/h3-7,19H,8H2,1-2H3. The van der Waals surface area contributed by atoms with Crippen LogP contribution in [0.3, 0.4) is 0 Å². The summed E-state index contributed by atoms with van der Waals surface area (Å²) >= 11 is 12.3. The molecule has 0 heterocycles. The van der Waals surface area contributed by atoms with Crippen molar-refractivity contribution in [2.45, 2.75) is 6.61 Å². The lowest BCUT2D eigenvalue weighted by atomic mass is 10.0. The monoisotopic (exact) mass is 340 g/mol. The van der Waals surface area contributed by atoms with Gasteiger partial charge in [-0.15, -0.1) is 0 Å². The Morgan fingerprint density at radius 2 is 1.77 bits per heavy atom. The molecule has 0 radical (unpaired) electrons. The fourth-order valence-electron chi connectivity index (χ4n) is 2.05. The molecular weight excluding hydrogens is 327 g/mol. The van der Waals surface area contributed by atoms with Gasteiger partial charge in [0, 0.05) is 5.56 Å². The third kappa shape index (κ3) is 3.04. The Hall–Kier alpha value is -1.75. The summed E-state index contributed by atoms with van der Waals surface area (Å²) in [5.41, 5.74) is 0.952. The van der Waals surface area contributed by atoms with Crippen molar-refractivity contribution in [1.29, 1.82) is 0 Å². The number of methoxy groups -OCH3 is 2. The molecule has 0 bridgehead atoms. The van der Waals surface area contributed by atoms with E-state index in [1.807, 2.05) is 0 Å². The fourth-order valence-corrected chi connectivity index (χ4v) is 2.65. The van der Waals surface area contributed by atoms with Crippen molar-refractivity contribution in [1.82, 2.24) is 0 Å². The number of aliphatic hydroxyl groups is 1. The molecule has 0 aliphatic carbocycles.